The summed E-state index contributed by atoms with van der Waals surface area (Å²) in [5, 5.41) is 0. The number of carbonyl (C=O) groups excluding carboxylic acids is 1. The van der Waals surface area contributed by atoms with Crippen molar-refractivity contribution in [2.45, 2.75) is 26.2 Å². The molecule has 0 aliphatic heterocycles. The van der Waals surface area contributed by atoms with Crippen molar-refractivity contribution >= 4 is 30.7 Å². The van der Waals surface area contributed by atoms with Gasteiger partial charge in [-0.2, -0.15) is 6.42 Å². The molecule has 0 aromatic rings. The molecule has 0 fully saturated rings. The number of hydrogen-bond acceptors (Lipinski definition) is 2. The summed E-state index contributed by atoms with van der Waals surface area (Å²) in [6, 6.07) is 0. The van der Waals surface area contributed by atoms with Crippen LogP contribution in [-0.4, -0.2) is 30.7 Å². The van der Waals surface area contributed by atoms with E-state index >= 15 is 0 Å². The van der Waals surface area contributed by atoms with Crippen molar-refractivity contribution in [1.82, 2.24) is 0 Å². The van der Waals surface area contributed by atoms with Crippen LogP contribution >= 0.6 is 0 Å². The molecule has 0 radical (unpaired) electrons. The van der Waals surface area contributed by atoms with Gasteiger partial charge in [-0.15, -0.1) is 0 Å². The first-order valence-corrected chi connectivity index (χ1v) is 3.76. The summed E-state index contributed by atoms with van der Waals surface area (Å²) in [5.74, 6) is 0. The molecule has 0 aliphatic carbocycles. The van der Waals surface area contributed by atoms with Crippen LogP contribution in [0, 0.1) is 0 Å². The topological polar surface area (TPSA) is 34.1 Å². The minimum atomic E-state index is 0. The average molecular weight is 291 g/mol. The van der Waals surface area contributed by atoms with Crippen molar-refractivity contribution in [3.8, 4) is 0 Å². The van der Waals surface area contributed by atoms with Gasteiger partial charge in [0.15, 0.2) is 0 Å². The molecule has 0 aliphatic rings. The van der Waals surface area contributed by atoms with Crippen LogP contribution in [0.3, 0.4) is 0 Å². The molecule has 0 spiro atoms. The van der Waals surface area contributed by atoms with E-state index in [9.17, 15) is 4.79 Å². The number of rotatable bonds is 3. The van der Waals surface area contributed by atoms with E-state index in [0.717, 1.165) is 12.8 Å². The Hall–Kier alpha value is 0.912. The molecule has 52 valence electrons. The first kappa shape index (κ1) is 16.5. The Morgan fingerprint density at radius 2 is 1.89 bits per heavy atom. The predicted octanol–water partition coefficient (Wildman–Crippen LogP) is -0.0189. The average Bonchev–Trinajstić information content (AvgIpc) is 1.88. The van der Waals surface area contributed by atoms with Crippen molar-refractivity contribution in [3.63, 3.8) is 0 Å². The molecule has 0 N–H and O–H groups in total. The fraction of sp³-hybridized carbons (Fsp3) is 0.800. The molecule has 0 unspecified atom stereocenters. The fourth-order valence-electron chi connectivity index (χ4n) is 0.249. The summed E-state index contributed by atoms with van der Waals surface area (Å²) in [6.07, 6.45) is 4.51. The van der Waals surface area contributed by atoms with Gasteiger partial charge in [-0.25, -0.2) is 0 Å². The van der Waals surface area contributed by atoms with Crippen LogP contribution in [0.1, 0.15) is 26.2 Å². The molecule has 0 saturated carbocycles. The van der Waals surface area contributed by atoms with Crippen molar-refractivity contribution in [2.75, 3.05) is 0 Å². The van der Waals surface area contributed by atoms with Crippen LogP contribution in [0.25, 0.3) is 0 Å². The van der Waals surface area contributed by atoms with Gasteiger partial charge in [0.25, 0.3) is 0 Å². The van der Waals surface area contributed by atoms with E-state index in [4.69, 9.17) is 3.57 Å². The molecule has 0 aromatic carbocycles. The fourth-order valence-corrected chi connectivity index (χ4v) is 0.249. The van der Waals surface area contributed by atoms with Crippen molar-refractivity contribution in [2.24, 2.45) is 0 Å². The molecular formula is C5H12O2SbZn-. The van der Waals surface area contributed by atoms with E-state index in [1.807, 2.05) is 6.29 Å². The van der Waals surface area contributed by atoms with Gasteiger partial charge >= 0.3 is 46.3 Å². The van der Waals surface area contributed by atoms with Crippen molar-refractivity contribution in [1.29, 1.82) is 0 Å². The molecular weight excluding hydrogens is 279 g/mol. The molecule has 9 heavy (non-hydrogen) atoms. The van der Waals surface area contributed by atoms with Crippen LogP contribution in [0.4, 0.5) is 0 Å². The van der Waals surface area contributed by atoms with Gasteiger partial charge in [-0.3, -0.25) is 6.29 Å². The Morgan fingerprint density at radius 1 is 1.44 bits per heavy atom. The first-order chi connectivity index (χ1) is 3.91. The van der Waals surface area contributed by atoms with Crippen molar-refractivity contribution < 1.29 is 26.6 Å². The molecule has 2 nitrogen and oxygen atoms in total. The second-order valence-corrected chi connectivity index (χ2v) is 1.25. The normalized spacial score (nSPS) is 6.11. The Morgan fingerprint density at radius 3 is 2.00 bits per heavy atom. The molecule has 4 heteroatoms. The predicted molar refractivity (Wildman–Crippen MR) is 35.8 cm³/mol. The van der Waals surface area contributed by atoms with E-state index in [1.54, 1.807) is 0 Å². The van der Waals surface area contributed by atoms with Gasteiger partial charge in [0.05, 0.1) is 0 Å². The minimum absolute atomic E-state index is 0. The molecule has 0 amide bonds. The first-order valence-electron chi connectivity index (χ1n) is 2.55. The zero-order valence-electron chi connectivity index (χ0n) is 5.85. The Bertz CT molecular complexity index is 52.2. The summed E-state index contributed by atoms with van der Waals surface area (Å²) in [7, 11) is 0. The summed E-state index contributed by atoms with van der Waals surface area (Å²) in [5.41, 5.74) is 0. The second kappa shape index (κ2) is 23.1. The van der Waals surface area contributed by atoms with Gasteiger partial charge in [-0.1, -0.05) is 19.8 Å². The maximum atomic E-state index is 9.44. The van der Waals surface area contributed by atoms with E-state index in [2.05, 4.69) is 6.92 Å². The van der Waals surface area contributed by atoms with Crippen molar-refractivity contribution in [3.05, 3.63) is 0 Å². The molecule has 0 aromatic heterocycles. The summed E-state index contributed by atoms with van der Waals surface area (Å²) in [4.78, 5) is 9.44. The van der Waals surface area contributed by atoms with Crippen LogP contribution in [0.15, 0.2) is 0 Å². The third kappa shape index (κ3) is 27.8. The Balaban J connectivity index is -0.000000109. The summed E-state index contributed by atoms with van der Waals surface area (Å²) >= 11 is 0.125. The molecule has 0 rings (SSSR count). The zero-order valence-corrected chi connectivity index (χ0v) is 12.9. The number of unbranched alkanes of at least 4 members (excludes halogenated alkanes) is 2. The number of hydrogen-bond donors (Lipinski definition) is 0. The van der Waals surface area contributed by atoms with E-state index in [1.165, 1.54) is 0 Å². The third-order valence-corrected chi connectivity index (χ3v) is 0.632. The van der Waals surface area contributed by atoms with E-state index < -0.39 is 0 Å². The quantitative estimate of drug-likeness (QED) is 0.416. The van der Waals surface area contributed by atoms with Crippen LogP contribution in [0.5, 0.6) is 0 Å². The summed E-state index contributed by atoms with van der Waals surface area (Å²) < 4.78 is 8.38. The van der Waals surface area contributed by atoms with Gasteiger partial charge in [0, 0.05) is 0 Å². The monoisotopic (exact) mass is 289 g/mol. The SMILES string of the molecule is CCCC[C-]=O.[O]=[Zn].[SbH3]. The standard InChI is InChI=1S/C5H9O.O.Sb.Zn.3H/c1-2-3-4-5-6;;;;;;/h2-4H2,1H3;;;;;;/q-1;;;;;;. The zero-order chi connectivity index (χ0) is 6.83. The van der Waals surface area contributed by atoms with Gasteiger partial charge < -0.3 is 4.79 Å². The molecule has 0 bridgehead atoms. The second-order valence-electron chi connectivity index (χ2n) is 1.25. The van der Waals surface area contributed by atoms with Gasteiger partial charge in [-0.05, 0) is 0 Å². The third-order valence-electron chi connectivity index (χ3n) is 0.632. The van der Waals surface area contributed by atoms with Gasteiger partial charge in [0.2, 0.25) is 0 Å². The Labute approximate surface area is 83.2 Å². The molecule has 0 atom stereocenters. The molecule has 0 saturated heterocycles. The van der Waals surface area contributed by atoms with E-state index in [0.29, 0.717) is 6.42 Å². The van der Waals surface area contributed by atoms with Gasteiger partial charge in [0.1, 0.15) is 0 Å². The van der Waals surface area contributed by atoms with Crippen LogP contribution < -0.4 is 0 Å². The van der Waals surface area contributed by atoms with Crippen LogP contribution in [0.2, 0.25) is 0 Å². The van der Waals surface area contributed by atoms with Crippen LogP contribution in [-0.2, 0) is 26.6 Å². The molecule has 0 heterocycles. The Kier molecular flexibility index (Phi) is 42.3. The summed E-state index contributed by atoms with van der Waals surface area (Å²) in [6.45, 7) is 2.05. The van der Waals surface area contributed by atoms with E-state index in [-0.39, 0.29) is 42.7 Å². The maximum absolute atomic E-state index is 9.44.